The summed E-state index contributed by atoms with van der Waals surface area (Å²) in [4.78, 5) is 5.05. The molecule has 0 spiro atoms. The lowest BCUT2D eigenvalue weighted by atomic mass is 9.79. The molecule has 37 heavy (non-hydrogen) atoms. The van der Waals surface area contributed by atoms with Gasteiger partial charge in [-0.3, -0.25) is 4.99 Å². The third-order valence-electron chi connectivity index (χ3n) is 7.24. The van der Waals surface area contributed by atoms with Crippen molar-refractivity contribution in [3.05, 3.63) is 120 Å². The maximum absolute atomic E-state index is 10.5. The number of amidine groups is 1. The van der Waals surface area contributed by atoms with E-state index in [1.54, 1.807) is 21.3 Å². The van der Waals surface area contributed by atoms with E-state index in [0.29, 0.717) is 0 Å². The van der Waals surface area contributed by atoms with Crippen LogP contribution in [0.2, 0.25) is 0 Å². The molecule has 2 N–H and O–H groups in total. The molecule has 1 atom stereocenters. The van der Waals surface area contributed by atoms with Crippen LogP contribution >= 0.6 is 0 Å². The van der Waals surface area contributed by atoms with Crippen LogP contribution in [0, 0.1) is 0 Å². The summed E-state index contributed by atoms with van der Waals surface area (Å²) in [6.45, 7) is 7.31. The molecule has 0 aromatic heterocycles. The van der Waals surface area contributed by atoms with Crippen LogP contribution in [0.3, 0.4) is 0 Å². The van der Waals surface area contributed by atoms with Gasteiger partial charge in [-0.15, -0.1) is 0 Å². The lowest BCUT2D eigenvalue weighted by Crippen LogP contribution is -2.49. The quantitative estimate of drug-likeness (QED) is 0.325. The van der Waals surface area contributed by atoms with Gasteiger partial charge in [0.1, 0.15) is 5.84 Å². The first kappa shape index (κ1) is 25.0. The number of aliphatic hydroxyl groups is 1. The SMILES string of the molecule is CC(C)(O)C(C)(C)O[B]c1ccc(C2=CC(c3ccccc3)N=C(c3ccccc3)N2)c2ccccc12. The van der Waals surface area contributed by atoms with Gasteiger partial charge in [-0.25, -0.2) is 0 Å². The number of hydrogen-bond acceptors (Lipinski definition) is 4. The Labute approximate surface area is 220 Å². The van der Waals surface area contributed by atoms with E-state index in [4.69, 9.17) is 9.65 Å². The van der Waals surface area contributed by atoms with Gasteiger partial charge in [-0.05, 0) is 55.6 Å². The summed E-state index contributed by atoms with van der Waals surface area (Å²) in [5.41, 5.74) is 3.53. The zero-order valence-corrected chi connectivity index (χ0v) is 21.8. The molecule has 1 unspecified atom stereocenters. The maximum Gasteiger partial charge on any atom is 0.331 e. The molecule has 1 aliphatic heterocycles. The van der Waals surface area contributed by atoms with Crippen molar-refractivity contribution in [2.45, 2.75) is 44.9 Å². The Morgan fingerprint density at radius 3 is 2.08 bits per heavy atom. The van der Waals surface area contributed by atoms with Crippen LogP contribution in [0.4, 0.5) is 0 Å². The normalized spacial score (nSPS) is 16.1. The van der Waals surface area contributed by atoms with Crippen molar-refractivity contribution in [3.8, 4) is 0 Å². The second kappa shape index (κ2) is 10.0. The fraction of sp³-hybridized carbons (Fsp3) is 0.219. The molecule has 185 valence electrons. The van der Waals surface area contributed by atoms with Gasteiger partial charge in [-0.2, -0.15) is 0 Å². The molecule has 0 bridgehead atoms. The van der Waals surface area contributed by atoms with E-state index in [0.717, 1.165) is 44.5 Å². The van der Waals surface area contributed by atoms with Gasteiger partial charge in [0.05, 0.1) is 17.2 Å². The molecular formula is C32H32BN2O2. The number of benzene rings is 4. The Morgan fingerprint density at radius 1 is 0.784 bits per heavy atom. The molecule has 0 fully saturated rings. The van der Waals surface area contributed by atoms with Crippen molar-refractivity contribution >= 4 is 35.3 Å². The third-order valence-corrected chi connectivity index (χ3v) is 7.24. The van der Waals surface area contributed by atoms with Crippen LogP contribution in [0.25, 0.3) is 16.5 Å². The molecule has 0 aliphatic carbocycles. The molecule has 5 rings (SSSR count). The molecule has 4 nitrogen and oxygen atoms in total. The predicted molar refractivity (Wildman–Crippen MR) is 154 cm³/mol. The van der Waals surface area contributed by atoms with Gasteiger partial charge in [0.25, 0.3) is 0 Å². The van der Waals surface area contributed by atoms with Gasteiger partial charge >= 0.3 is 7.48 Å². The summed E-state index contributed by atoms with van der Waals surface area (Å²) in [6, 6.07) is 33.0. The van der Waals surface area contributed by atoms with Crippen LogP contribution in [0.15, 0.2) is 108 Å². The largest absolute Gasteiger partial charge is 0.427 e. The average molecular weight is 487 g/mol. The summed E-state index contributed by atoms with van der Waals surface area (Å²) in [5, 5.41) is 16.3. The minimum Gasteiger partial charge on any atom is -0.427 e. The maximum atomic E-state index is 10.5. The minimum absolute atomic E-state index is 0.103. The number of fused-ring (bicyclic) bond motifs is 1. The zero-order valence-electron chi connectivity index (χ0n) is 21.8. The monoisotopic (exact) mass is 487 g/mol. The molecule has 0 saturated carbocycles. The Balaban J connectivity index is 1.55. The van der Waals surface area contributed by atoms with Crippen molar-refractivity contribution in [1.29, 1.82) is 0 Å². The fourth-order valence-corrected chi connectivity index (χ4v) is 4.27. The summed E-state index contributed by atoms with van der Waals surface area (Å²) in [6.07, 6.45) is 2.20. The second-order valence-corrected chi connectivity index (χ2v) is 10.5. The smallest absolute Gasteiger partial charge is 0.331 e. The third kappa shape index (κ3) is 5.24. The molecule has 1 aliphatic rings. The topological polar surface area (TPSA) is 53.9 Å². The molecule has 0 amide bonds. The van der Waals surface area contributed by atoms with Crippen molar-refractivity contribution in [1.82, 2.24) is 5.32 Å². The summed E-state index contributed by atoms with van der Waals surface area (Å²) >= 11 is 0. The van der Waals surface area contributed by atoms with Crippen LogP contribution in [-0.4, -0.2) is 29.6 Å². The molecule has 4 aromatic carbocycles. The molecular weight excluding hydrogens is 455 g/mol. The van der Waals surface area contributed by atoms with Crippen LogP contribution < -0.4 is 10.8 Å². The number of nitrogens with one attached hydrogen (secondary N) is 1. The highest BCUT2D eigenvalue weighted by Crippen LogP contribution is 2.31. The van der Waals surface area contributed by atoms with Gasteiger partial charge in [-0.1, -0.05) is 97.1 Å². The first-order valence-corrected chi connectivity index (χ1v) is 12.7. The first-order chi connectivity index (χ1) is 17.7. The van der Waals surface area contributed by atoms with E-state index in [1.807, 2.05) is 44.2 Å². The van der Waals surface area contributed by atoms with Crippen molar-refractivity contribution in [2.75, 3.05) is 0 Å². The highest BCUT2D eigenvalue weighted by molar-refractivity contribution is 6.51. The van der Waals surface area contributed by atoms with E-state index in [1.165, 1.54) is 0 Å². The van der Waals surface area contributed by atoms with Crippen LogP contribution in [0.5, 0.6) is 0 Å². The second-order valence-electron chi connectivity index (χ2n) is 10.5. The van der Waals surface area contributed by atoms with Gasteiger partial charge in [0.2, 0.25) is 0 Å². The van der Waals surface area contributed by atoms with Gasteiger partial charge in [0, 0.05) is 16.8 Å². The highest BCUT2D eigenvalue weighted by Gasteiger charge is 2.36. The van der Waals surface area contributed by atoms with Crippen molar-refractivity contribution in [2.24, 2.45) is 4.99 Å². The molecule has 4 aromatic rings. The highest BCUT2D eigenvalue weighted by atomic mass is 16.5. The molecule has 1 radical (unpaired) electrons. The summed E-state index contributed by atoms with van der Waals surface area (Å²) < 4.78 is 6.10. The van der Waals surface area contributed by atoms with Crippen molar-refractivity contribution in [3.63, 3.8) is 0 Å². The lowest BCUT2D eigenvalue weighted by Gasteiger charge is -2.37. The summed E-state index contributed by atoms with van der Waals surface area (Å²) in [7, 11) is 1.76. The predicted octanol–water partition coefficient (Wildman–Crippen LogP) is 5.78. The molecule has 1 heterocycles. The first-order valence-electron chi connectivity index (χ1n) is 12.7. The molecule has 5 heteroatoms. The fourth-order valence-electron chi connectivity index (χ4n) is 4.27. The Hall–Kier alpha value is -3.67. The number of nitrogens with zero attached hydrogens (tertiary/aromatic N) is 1. The lowest BCUT2D eigenvalue weighted by molar-refractivity contribution is -0.0893. The molecule has 0 saturated heterocycles. The van der Waals surface area contributed by atoms with E-state index in [9.17, 15) is 5.11 Å². The van der Waals surface area contributed by atoms with Crippen molar-refractivity contribution < 1.29 is 9.76 Å². The Kier molecular flexibility index (Phi) is 6.76. The number of hydrogen-bond donors (Lipinski definition) is 2. The Morgan fingerprint density at radius 2 is 1.41 bits per heavy atom. The average Bonchev–Trinajstić information content (AvgIpc) is 2.92. The Bertz CT molecular complexity index is 1450. The number of rotatable bonds is 7. The van der Waals surface area contributed by atoms with Crippen LogP contribution in [0.1, 0.15) is 50.4 Å². The van der Waals surface area contributed by atoms with Gasteiger partial charge in [0.15, 0.2) is 0 Å². The van der Waals surface area contributed by atoms with E-state index < -0.39 is 11.2 Å². The number of aliphatic imine (C=N–C) groups is 1. The summed E-state index contributed by atoms with van der Waals surface area (Å²) in [5.74, 6) is 0.849. The zero-order chi connectivity index (χ0) is 26.0. The minimum atomic E-state index is -0.990. The van der Waals surface area contributed by atoms with E-state index in [2.05, 4.69) is 78.1 Å². The van der Waals surface area contributed by atoms with E-state index in [-0.39, 0.29) is 6.04 Å². The van der Waals surface area contributed by atoms with Crippen LogP contribution in [-0.2, 0) is 4.65 Å². The van der Waals surface area contributed by atoms with Gasteiger partial charge < -0.3 is 15.1 Å². The standard InChI is InChI=1S/C32H32BN2O2/c1-31(2,36)32(3,4)37-33-27-20-19-26(24-17-11-12-18-25(24)27)29-21-28(22-13-7-5-8-14-22)34-30(35-29)23-15-9-6-10-16-23/h5-21,28,36H,1-4H3,(H,34,35). The van der Waals surface area contributed by atoms with E-state index >= 15 is 0 Å².